The van der Waals surface area contributed by atoms with Gasteiger partial charge in [0.2, 0.25) is 0 Å². The molecule has 0 saturated carbocycles. The molecule has 0 aliphatic heterocycles. The van der Waals surface area contributed by atoms with Crippen LogP contribution in [-0.2, 0) is 0 Å². The Morgan fingerprint density at radius 2 is 1.17 bits per heavy atom. The van der Waals surface area contributed by atoms with E-state index in [-0.39, 0.29) is 0 Å². The first-order chi connectivity index (χ1) is 5.07. The Labute approximate surface area is 129 Å². The van der Waals surface area contributed by atoms with E-state index in [1.807, 2.05) is 0 Å². The number of hydrogen-bond donors (Lipinski definition) is 0. The molecule has 0 radical (unpaired) electrons. The third-order valence-corrected chi connectivity index (χ3v) is 6.67. The molecule has 0 heterocycles. The van der Waals surface area contributed by atoms with Gasteiger partial charge in [0.1, 0.15) is 2.14 Å². The Morgan fingerprint density at radius 1 is 0.833 bits per heavy atom. The molecule has 0 aromatic rings. The number of halogens is 8. The first-order valence-electron chi connectivity index (χ1n) is 2.48. The molecule has 74 valence electrons. The summed E-state index contributed by atoms with van der Waals surface area (Å²) in [5, 5.41) is 0. The highest BCUT2D eigenvalue weighted by molar-refractivity contribution is 9.40. The average Bonchev–Trinajstić information content (AvgIpc) is 1.80. The lowest BCUT2D eigenvalue weighted by Gasteiger charge is -2.28. The average molecular weight is 628 g/mol. The van der Waals surface area contributed by atoms with Crippen molar-refractivity contribution in [2.24, 2.45) is 0 Å². The van der Waals surface area contributed by atoms with Crippen molar-refractivity contribution in [3.8, 4) is 0 Å². The summed E-state index contributed by atoms with van der Waals surface area (Å²) in [4.78, 5) is -0.469. The largest absolute Gasteiger partial charge is 0.243 e. The van der Waals surface area contributed by atoms with Gasteiger partial charge in [-0.25, -0.2) is 4.39 Å². The summed E-state index contributed by atoms with van der Waals surface area (Å²) in [6.45, 7) is 0. The lowest BCUT2D eigenvalue weighted by molar-refractivity contribution is 0.352. The molecule has 2 atom stereocenters. The molecule has 0 aliphatic carbocycles. The summed E-state index contributed by atoms with van der Waals surface area (Å²) >= 11 is 22.2. The van der Waals surface area contributed by atoms with Crippen molar-refractivity contribution < 1.29 is 4.39 Å². The standard InChI is InChI=1S/C4H2Br7F/c5-1(3(6,7)8)2(12)4(9,10)11/h1-2H. The highest BCUT2D eigenvalue weighted by Crippen LogP contribution is 2.50. The molecule has 0 fully saturated rings. The Morgan fingerprint density at radius 3 is 1.25 bits per heavy atom. The minimum atomic E-state index is -1.20. The molecular formula is C4H2Br7F. The maximum absolute atomic E-state index is 13.5. The Kier molecular flexibility index (Phi) is 7.10. The van der Waals surface area contributed by atoms with Gasteiger partial charge in [-0.05, 0) is 0 Å². The molecular weight excluding hydrogens is 626 g/mol. The summed E-state index contributed by atoms with van der Waals surface area (Å²) in [5.74, 6) is 0. The van der Waals surface area contributed by atoms with E-state index >= 15 is 0 Å². The van der Waals surface area contributed by atoms with Crippen LogP contribution in [0.2, 0.25) is 0 Å². The van der Waals surface area contributed by atoms with Crippen LogP contribution in [0.3, 0.4) is 0 Å². The van der Waals surface area contributed by atoms with Crippen molar-refractivity contribution in [2.75, 3.05) is 0 Å². The molecule has 2 unspecified atom stereocenters. The molecule has 0 saturated heterocycles. The van der Waals surface area contributed by atoms with Crippen LogP contribution in [0.15, 0.2) is 0 Å². The molecule has 0 aliphatic rings. The first kappa shape index (κ1) is 15.3. The number of hydrogen-bond acceptors (Lipinski definition) is 0. The molecule has 0 N–H and O–H groups in total. The van der Waals surface area contributed by atoms with Crippen molar-refractivity contribution in [3.05, 3.63) is 0 Å². The Balaban J connectivity index is 4.41. The van der Waals surface area contributed by atoms with Crippen LogP contribution < -0.4 is 0 Å². The van der Waals surface area contributed by atoms with Crippen molar-refractivity contribution in [1.29, 1.82) is 0 Å². The Hall–Kier alpha value is 3.29. The second kappa shape index (κ2) is 5.57. The maximum Gasteiger partial charge on any atom is 0.167 e. The quantitative estimate of drug-likeness (QED) is 0.324. The number of rotatable bonds is 1. The molecule has 8 heteroatoms. The van der Waals surface area contributed by atoms with E-state index in [1.165, 1.54) is 0 Å². The second-order valence-corrected chi connectivity index (χ2v) is 16.8. The lowest BCUT2D eigenvalue weighted by atomic mass is 10.3. The van der Waals surface area contributed by atoms with Crippen molar-refractivity contribution in [2.45, 2.75) is 15.3 Å². The van der Waals surface area contributed by atoms with Crippen molar-refractivity contribution >= 4 is 112 Å². The zero-order valence-corrected chi connectivity index (χ0v) is 16.3. The highest BCUT2D eigenvalue weighted by atomic mass is 80.0. The van der Waals surface area contributed by atoms with Crippen LogP contribution in [0, 0.1) is 0 Å². The highest BCUT2D eigenvalue weighted by Gasteiger charge is 2.44. The van der Waals surface area contributed by atoms with Crippen LogP contribution >= 0.6 is 112 Å². The van der Waals surface area contributed by atoms with E-state index in [1.54, 1.807) is 0 Å². The molecule has 0 bridgehead atoms. The van der Waals surface area contributed by atoms with Gasteiger partial charge in [-0.15, -0.1) is 0 Å². The molecule has 12 heavy (non-hydrogen) atoms. The van der Waals surface area contributed by atoms with E-state index in [2.05, 4.69) is 112 Å². The fourth-order valence-corrected chi connectivity index (χ4v) is 3.28. The summed E-state index contributed by atoms with van der Waals surface area (Å²) in [5.41, 5.74) is 0. The van der Waals surface area contributed by atoms with E-state index < -0.39 is 15.3 Å². The fourth-order valence-electron chi connectivity index (χ4n) is 0.332. The molecule has 0 aromatic carbocycles. The first-order valence-corrected chi connectivity index (χ1v) is 8.15. The van der Waals surface area contributed by atoms with Gasteiger partial charge in [-0.2, -0.15) is 0 Å². The van der Waals surface area contributed by atoms with Crippen LogP contribution in [-0.4, -0.2) is 15.3 Å². The van der Waals surface area contributed by atoms with Crippen LogP contribution in [0.5, 0.6) is 0 Å². The molecule has 0 aromatic heterocycles. The van der Waals surface area contributed by atoms with Crippen molar-refractivity contribution in [1.82, 2.24) is 0 Å². The predicted octanol–water partition coefficient (Wildman–Crippen LogP) is 5.77. The van der Waals surface area contributed by atoms with E-state index in [0.29, 0.717) is 0 Å². The molecule has 0 spiro atoms. The van der Waals surface area contributed by atoms with Gasteiger partial charge in [0, 0.05) is 0 Å². The molecule has 0 amide bonds. The van der Waals surface area contributed by atoms with Gasteiger partial charge < -0.3 is 0 Å². The zero-order valence-electron chi connectivity index (χ0n) is 5.18. The Bertz CT molecular complexity index is 128. The molecule has 0 rings (SSSR count). The summed E-state index contributed by atoms with van der Waals surface area (Å²) in [6, 6.07) is 0. The second-order valence-electron chi connectivity index (χ2n) is 1.89. The number of alkyl halides is 8. The third kappa shape index (κ3) is 5.39. The van der Waals surface area contributed by atoms with Gasteiger partial charge >= 0.3 is 0 Å². The summed E-state index contributed by atoms with van der Waals surface area (Å²) in [6.07, 6.45) is -1.20. The van der Waals surface area contributed by atoms with Gasteiger partial charge in [-0.1, -0.05) is 112 Å². The van der Waals surface area contributed by atoms with Gasteiger partial charge in [-0.3, -0.25) is 0 Å². The van der Waals surface area contributed by atoms with Gasteiger partial charge in [0.25, 0.3) is 0 Å². The predicted molar refractivity (Wildman–Crippen MR) is 76.6 cm³/mol. The van der Waals surface area contributed by atoms with E-state index in [0.717, 1.165) is 0 Å². The van der Waals surface area contributed by atoms with E-state index in [4.69, 9.17) is 0 Å². The molecule has 0 nitrogen and oxygen atoms in total. The van der Waals surface area contributed by atoms with E-state index in [9.17, 15) is 4.39 Å². The van der Waals surface area contributed by atoms with Crippen LogP contribution in [0.1, 0.15) is 0 Å². The minimum Gasteiger partial charge on any atom is -0.243 e. The lowest BCUT2D eigenvalue weighted by Crippen LogP contribution is -2.36. The normalized spacial score (nSPS) is 19.0. The minimum absolute atomic E-state index is 0.469. The third-order valence-electron chi connectivity index (χ3n) is 0.882. The van der Waals surface area contributed by atoms with Crippen LogP contribution in [0.25, 0.3) is 0 Å². The summed E-state index contributed by atoms with van der Waals surface area (Å²) in [7, 11) is 0. The monoisotopic (exact) mass is 621 g/mol. The van der Waals surface area contributed by atoms with Crippen molar-refractivity contribution in [3.63, 3.8) is 0 Å². The summed E-state index contributed by atoms with van der Waals surface area (Å²) < 4.78 is 11.9. The maximum atomic E-state index is 13.5. The van der Waals surface area contributed by atoms with Gasteiger partial charge in [0.15, 0.2) is 8.31 Å². The van der Waals surface area contributed by atoms with Crippen LogP contribution in [0.4, 0.5) is 4.39 Å². The SMILES string of the molecule is FC(C(Br)C(Br)(Br)Br)C(Br)(Br)Br. The van der Waals surface area contributed by atoms with Gasteiger partial charge in [0.05, 0.1) is 4.83 Å². The topological polar surface area (TPSA) is 0 Å². The smallest absolute Gasteiger partial charge is 0.167 e. The zero-order chi connectivity index (χ0) is 10.2. The fraction of sp³-hybridized carbons (Fsp3) is 1.00.